The van der Waals surface area contributed by atoms with Gasteiger partial charge in [-0.3, -0.25) is 4.79 Å². The van der Waals surface area contributed by atoms with Crippen LogP contribution in [0.3, 0.4) is 0 Å². The Morgan fingerprint density at radius 1 is 1.42 bits per heavy atom. The van der Waals surface area contributed by atoms with Gasteiger partial charge in [-0.25, -0.2) is 0 Å². The van der Waals surface area contributed by atoms with E-state index < -0.39 is 0 Å². The summed E-state index contributed by atoms with van der Waals surface area (Å²) in [6.45, 7) is 0. The van der Waals surface area contributed by atoms with Crippen molar-refractivity contribution in [3.8, 4) is 0 Å². The van der Waals surface area contributed by atoms with Crippen molar-refractivity contribution >= 4 is 43.3 Å². The highest BCUT2D eigenvalue weighted by Gasteiger charge is 2.00. The van der Waals surface area contributed by atoms with E-state index in [-0.39, 0.29) is 21.7 Å². The van der Waals surface area contributed by atoms with Crippen molar-refractivity contribution in [3.05, 3.63) is 29.8 Å². The lowest BCUT2D eigenvalue weighted by Gasteiger charge is -1.99. The molecule has 1 aromatic carbocycles. The molecule has 12 heavy (non-hydrogen) atoms. The van der Waals surface area contributed by atoms with E-state index in [0.29, 0.717) is 12.1 Å². The summed E-state index contributed by atoms with van der Waals surface area (Å²) in [6.07, 6.45) is 0.354. The molecule has 0 saturated carbocycles. The van der Waals surface area contributed by atoms with Gasteiger partial charge in [-0.2, -0.15) is 0 Å². The molecule has 0 amide bonds. The number of anilines is 1. The maximum atomic E-state index is 10.6. The SMILES string of the molecule is Br.Nc1ccccc1CC(=O)Br. The third-order valence-corrected chi connectivity index (χ3v) is 1.66. The molecule has 2 nitrogen and oxygen atoms in total. The van der Waals surface area contributed by atoms with Gasteiger partial charge in [-0.15, -0.1) is 17.0 Å². The van der Waals surface area contributed by atoms with Crippen molar-refractivity contribution in [2.75, 3.05) is 5.73 Å². The molecular formula is C8H9Br2NO. The number of benzene rings is 1. The zero-order valence-corrected chi connectivity index (χ0v) is 9.59. The minimum Gasteiger partial charge on any atom is -0.398 e. The molecule has 1 rings (SSSR count). The number of nitrogen functional groups attached to an aromatic ring is 1. The number of halogens is 2. The Balaban J connectivity index is 0.00000121. The van der Waals surface area contributed by atoms with Gasteiger partial charge >= 0.3 is 0 Å². The van der Waals surface area contributed by atoms with Gasteiger partial charge in [0, 0.05) is 12.1 Å². The van der Waals surface area contributed by atoms with Gasteiger partial charge in [-0.05, 0) is 27.6 Å². The van der Waals surface area contributed by atoms with Crippen LogP contribution in [-0.2, 0) is 11.2 Å². The quantitative estimate of drug-likeness (QED) is 0.672. The fourth-order valence-corrected chi connectivity index (χ4v) is 1.15. The van der Waals surface area contributed by atoms with Crippen LogP contribution in [0.2, 0.25) is 0 Å². The summed E-state index contributed by atoms with van der Waals surface area (Å²) in [6, 6.07) is 7.33. The molecule has 0 unspecified atom stereocenters. The van der Waals surface area contributed by atoms with Crippen LogP contribution >= 0.6 is 32.9 Å². The zero-order chi connectivity index (χ0) is 8.27. The molecule has 4 heteroatoms. The zero-order valence-electron chi connectivity index (χ0n) is 6.29. The van der Waals surface area contributed by atoms with Crippen molar-refractivity contribution in [1.82, 2.24) is 0 Å². The van der Waals surface area contributed by atoms with Crippen molar-refractivity contribution in [1.29, 1.82) is 0 Å². The van der Waals surface area contributed by atoms with Gasteiger partial charge < -0.3 is 5.73 Å². The Morgan fingerprint density at radius 3 is 2.50 bits per heavy atom. The van der Waals surface area contributed by atoms with Crippen LogP contribution in [0.4, 0.5) is 5.69 Å². The second kappa shape index (κ2) is 5.32. The molecule has 66 valence electrons. The van der Waals surface area contributed by atoms with Crippen LogP contribution in [0.25, 0.3) is 0 Å². The largest absolute Gasteiger partial charge is 0.398 e. The topological polar surface area (TPSA) is 43.1 Å². The number of para-hydroxylation sites is 1. The number of hydrogen-bond acceptors (Lipinski definition) is 2. The van der Waals surface area contributed by atoms with Gasteiger partial charge in [-0.1, -0.05) is 18.2 Å². The maximum Gasteiger partial charge on any atom is 0.202 e. The van der Waals surface area contributed by atoms with Crippen molar-refractivity contribution in [2.45, 2.75) is 6.42 Å². The summed E-state index contributed by atoms with van der Waals surface area (Å²) in [4.78, 5) is 10.6. The smallest absolute Gasteiger partial charge is 0.202 e. The number of rotatable bonds is 2. The van der Waals surface area contributed by atoms with Crippen LogP contribution < -0.4 is 5.73 Å². The number of hydrogen-bond donors (Lipinski definition) is 1. The fourth-order valence-electron chi connectivity index (χ4n) is 0.845. The molecule has 0 radical (unpaired) electrons. The highest BCUT2D eigenvalue weighted by atomic mass is 79.9. The molecule has 0 aliphatic rings. The van der Waals surface area contributed by atoms with Crippen LogP contribution in [-0.4, -0.2) is 4.69 Å². The van der Waals surface area contributed by atoms with E-state index in [1.54, 1.807) is 6.07 Å². The third kappa shape index (κ3) is 3.36. The molecule has 0 saturated heterocycles. The second-order valence-corrected chi connectivity index (χ2v) is 3.12. The summed E-state index contributed by atoms with van der Waals surface area (Å²) >= 11 is 2.85. The first-order chi connectivity index (χ1) is 5.20. The Hall–Kier alpha value is -0.350. The predicted octanol–water partition coefficient (Wildman–Crippen LogP) is 2.31. The average Bonchev–Trinajstić information content (AvgIpc) is 1.93. The van der Waals surface area contributed by atoms with Crippen LogP contribution in [0.5, 0.6) is 0 Å². The van der Waals surface area contributed by atoms with Gasteiger partial charge in [0.1, 0.15) is 0 Å². The van der Waals surface area contributed by atoms with Crippen LogP contribution in [0, 0.1) is 0 Å². The van der Waals surface area contributed by atoms with Gasteiger partial charge in [0.2, 0.25) is 4.69 Å². The summed E-state index contributed by atoms with van der Waals surface area (Å²) < 4.78 is -0.0459. The molecular weight excluding hydrogens is 286 g/mol. The molecule has 0 spiro atoms. The lowest BCUT2D eigenvalue weighted by atomic mass is 10.1. The normalized spacial score (nSPS) is 8.75. The Bertz CT molecular complexity index is 276. The Labute approximate surface area is 90.0 Å². The first-order valence-electron chi connectivity index (χ1n) is 3.22. The van der Waals surface area contributed by atoms with Gasteiger partial charge in [0.25, 0.3) is 0 Å². The standard InChI is InChI=1S/C8H8BrNO.BrH/c9-8(11)5-6-3-1-2-4-7(6)10;/h1-4H,5,10H2;1H. The monoisotopic (exact) mass is 293 g/mol. The van der Waals surface area contributed by atoms with Crippen molar-refractivity contribution < 1.29 is 4.79 Å². The molecule has 0 aliphatic carbocycles. The Morgan fingerprint density at radius 2 is 2.00 bits per heavy atom. The van der Waals surface area contributed by atoms with Crippen LogP contribution in [0.1, 0.15) is 5.56 Å². The molecule has 1 aromatic rings. The van der Waals surface area contributed by atoms with E-state index >= 15 is 0 Å². The Kier molecular flexibility index (Phi) is 5.17. The summed E-state index contributed by atoms with van der Waals surface area (Å²) in [5.41, 5.74) is 7.13. The molecule has 0 bridgehead atoms. The van der Waals surface area contributed by atoms with E-state index in [1.807, 2.05) is 18.2 Å². The average molecular weight is 295 g/mol. The molecule has 0 atom stereocenters. The summed E-state index contributed by atoms with van der Waals surface area (Å²) in [5.74, 6) is 0. The maximum absolute atomic E-state index is 10.6. The fraction of sp³-hybridized carbons (Fsp3) is 0.125. The number of carbonyl (C=O) groups excluding carboxylic acids is 1. The van der Waals surface area contributed by atoms with Gasteiger partial charge in [0.15, 0.2) is 0 Å². The minimum absolute atomic E-state index is 0. The van der Waals surface area contributed by atoms with Crippen molar-refractivity contribution in [3.63, 3.8) is 0 Å². The predicted molar refractivity (Wildman–Crippen MR) is 58.8 cm³/mol. The van der Waals surface area contributed by atoms with E-state index in [2.05, 4.69) is 15.9 Å². The lowest BCUT2D eigenvalue weighted by molar-refractivity contribution is -0.109. The molecule has 0 fully saturated rings. The highest BCUT2D eigenvalue weighted by molar-refractivity contribution is 9.18. The molecule has 0 heterocycles. The van der Waals surface area contributed by atoms with Gasteiger partial charge in [0.05, 0.1) is 0 Å². The lowest BCUT2D eigenvalue weighted by Crippen LogP contribution is -1.97. The summed E-state index contributed by atoms with van der Waals surface area (Å²) in [5, 5.41) is 0. The minimum atomic E-state index is -0.0459. The van der Waals surface area contributed by atoms with E-state index in [0.717, 1.165) is 5.56 Å². The van der Waals surface area contributed by atoms with E-state index in [4.69, 9.17) is 5.73 Å². The first kappa shape index (κ1) is 11.6. The van der Waals surface area contributed by atoms with E-state index in [1.165, 1.54) is 0 Å². The summed E-state index contributed by atoms with van der Waals surface area (Å²) in [7, 11) is 0. The second-order valence-electron chi connectivity index (χ2n) is 2.23. The molecule has 2 N–H and O–H groups in total. The van der Waals surface area contributed by atoms with Crippen molar-refractivity contribution in [2.24, 2.45) is 0 Å². The first-order valence-corrected chi connectivity index (χ1v) is 4.01. The molecule has 0 aliphatic heterocycles. The highest BCUT2D eigenvalue weighted by Crippen LogP contribution is 2.12. The number of carbonyl (C=O) groups is 1. The molecule has 0 aromatic heterocycles. The van der Waals surface area contributed by atoms with Crippen LogP contribution in [0.15, 0.2) is 24.3 Å². The van der Waals surface area contributed by atoms with E-state index in [9.17, 15) is 4.79 Å². The third-order valence-electron chi connectivity index (χ3n) is 1.38. The number of nitrogens with two attached hydrogens (primary N) is 1.